The first-order chi connectivity index (χ1) is 9.51. The van der Waals surface area contributed by atoms with Crippen molar-refractivity contribution in [1.29, 1.82) is 0 Å². The smallest absolute Gasteiger partial charge is 0.325 e. The zero-order valence-electron chi connectivity index (χ0n) is 10.5. The zero-order valence-corrected chi connectivity index (χ0v) is 13.7. The molecule has 1 aliphatic rings. The van der Waals surface area contributed by atoms with Crippen molar-refractivity contribution in [2.24, 2.45) is 0 Å². The number of hydrogen-bond acceptors (Lipinski definition) is 5. The molecule has 1 amide bonds. The molecule has 0 unspecified atom stereocenters. The highest BCUT2D eigenvalue weighted by atomic mass is 79.9. The fourth-order valence-corrected chi connectivity index (χ4v) is 3.06. The van der Waals surface area contributed by atoms with Crippen molar-refractivity contribution in [2.75, 3.05) is 13.7 Å². The van der Waals surface area contributed by atoms with Crippen molar-refractivity contribution < 1.29 is 14.3 Å². The molecule has 0 saturated carbocycles. The topological polar surface area (TPSA) is 46.6 Å². The molecule has 1 fully saturated rings. The number of thioether (sulfide) groups is 1. The second-order valence-electron chi connectivity index (χ2n) is 3.90. The first-order valence-corrected chi connectivity index (χ1v) is 7.61. The van der Waals surface area contributed by atoms with Gasteiger partial charge in [-0.3, -0.25) is 14.5 Å². The van der Waals surface area contributed by atoms with Crippen molar-refractivity contribution in [1.82, 2.24) is 4.90 Å². The van der Waals surface area contributed by atoms with Gasteiger partial charge in [0.2, 0.25) is 0 Å². The van der Waals surface area contributed by atoms with E-state index in [4.69, 9.17) is 12.2 Å². The standard InChI is InChI=1S/C13H10BrNO3S2/c1-18-11(16)7-15-12(17)10(20-13(15)19)6-8-2-4-9(14)5-3-8/h2-6H,7H2,1H3. The minimum atomic E-state index is -0.494. The van der Waals surface area contributed by atoms with E-state index in [9.17, 15) is 9.59 Å². The lowest BCUT2D eigenvalue weighted by Gasteiger charge is -2.11. The Labute approximate surface area is 134 Å². The summed E-state index contributed by atoms with van der Waals surface area (Å²) in [6.07, 6.45) is 1.75. The van der Waals surface area contributed by atoms with Crippen LogP contribution < -0.4 is 0 Å². The fraction of sp³-hybridized carbons (Fsp3) is 0.154. The summed E-state index contributed by atoms with van der Waals surface area (Å²) in [5, 5.41) is 0. The van der Waals surface area contributed by atoms with Crippen LogP contribution in [0.3, 0.4) is 0 Å². The van der Waals surface area contributed by atoms with Gasteiger partial charge in [0.05, 0.1) is 12.0 Å². The summed E-state index contributed by atoms with van der Waals surface area (Å²) in [6, 6.07) is 7.55. The number of halogens is 1. The van der Waals surface area contributed by atoms with Crippen molar-refractivity contribution in [3.8, 4) is 0 Å². The van der Waals surface area contributed by atoms with Gasteiger partial charge in [-0.25, -0.2) is 0 Å². The summed E-state index contributed by atoms with van der Waals surface area (Å²) in [4.78, 5) is 25.2. The van der Waals surface area contributed by atoms with E-state index >= 15 is 0 Å². The fourth-order valence-electron chi connectivity index (χ4n) is 1.54. The van der Waals surface area contributed by atoms with Crippen LogP contribution in [0.1, 0.15) is 5.56 Å². The Balaban J connectivity index is 2.19. The Morgan fingerprint density at radius 2 is 2.10 bits per heavy atom. The third-order valence-electron chi connectivity index (χ3n) is 2.56. The molecule has 0 aromatic heterocycles. The van der Waals surface area contributed by atoms with E-state index in [0.29, 0.717) is 9.23 Å². The van der Waals surface area contributed by atoms with Gasteiger partial charge in [0.15, 0.2) is 0 Å². The number of carbonyl (C=O) groups is 2. The van der Waals surface area contributed by atoms with E-state index < -0.39 is 5.97 Å². The molecule has 104 valence electrons. The molecule has 0 atom stereocenters. The minimum absolute atomic E-state index is 0.154. The predicted octanol–water partition coefficient (Wildman–Crippen LogP) is 2.82. The van der Waals surface area contributed by atoms with E-state index in [1.165, 1.54) is 23.8 Å². The Morgan fingerprint density at radius 1 is 1.45 bits per heavy atom. The third-order valence-corrected chi connectivity index (χ3v) is 4.46. The van der Waals surface area contributed by atoms with E-state index in [0.717, 1.165) is 10.0 Å². The van der Waals surface area contributed by atoms with Crippen LogP contribution in [0.15, 0.2) is 33.6 Å². The minimum Gasteiger partial charge on any atom is -0.468 e. The highest BCUT2D eigenvalue weighted by Crippen LogP contribution is 2.32. The van der Waals surface area contributed by atoms with Crippen molar-refractivity contribution in [3.63, 3.8) is 0 Å². The van der Waals surface area contributed by atoms with Gasteiger partial charge in [0, 0.05) is 4.47 Å². The number of benzene rings is 1. The van der Waals surface area contributed by atoms with Crippen LogP contribution in [0.25, 0.3) is 6.08 Å². The molecule has 1 aromatic carbocycles. The molecule has 2 rings (SSSR count). The Hall–Kier alpha value is -1.18. The van der Waals surface area contributed by atoms with Gasteiger partial charge in [-0.05, 0) is 23.8 Å². The highest BCUT2D eigenvalue weighted by Gasteiger charge is 2.33. The molecule has 0 aliphatic carbocycles. The van der Waals surface area contributed by atoms with Crippen molar-refractivity contribution in [3.05, 3.63) is 39.2 Å². The summed E-state index contributed by atoms with van der Waals surface area (Å²) in [5.41, 5.74) is 0.895. The number of amides is 1. The summed E-state index contributed by atoms with van der Waals surface area (Å²) < 4.78 is 5.88. The molecule has 7 heteroatoms. The Kier molecular flexibility index (Phi) is 4.95. The largest absolute Gasteiger partial charge is 0.468 e. The Bertz CT molecular complexity index is 598. The lowest BCUT2D eigenvalue weighted by molar-refractivity contribution is -0.143. The van der Waals surface area contributed by atoms with Crippen LogP contribution in [-0.2, 0) is 14.3 Å². The number of nitrogens with zero attached hydrogens (tertiary/aromatic N) is 1. The number of hydrogen-bond donors (Lipinski definition) is 0. The maximum absolute atomic E-state index is 12.2. The second-order valence-corrected chi connectivity index (χ2v) is 6.49. The molecule has 4 nitrogen and oxygen atoms in total. The average Bonchev–Trinajstić information content (AvgIpc) is 2.69. The SMILES string of the molecule is COC(=O)CN1C(=O)C(=Cc2ccc(Br)cc2)SC1=S. The quantitative estimate of drug-likeness (QED) is 0.464. The number of thiocarbonyl (C=S) groups is 1. The van der Waals surface area contributed by atoms with Gasteiger partial charge in [0.1, 0.15) is 10.9 Å². The van der Waals surface area contributed by atoms with Gasteiger partial charge in [-0.15, -0.1) is 0 Å². The monoisotopic (exact) mass is 371 g/mol. The van der Waals surface area contributed by atoms with Gasteiger partial charge >= 0.3 is 5.97 Å². The number of methoxy groups -OCH3 is 1. The molecule has 0 bridgehead atoms. The molecule has 1 aliphatic heterocycles. The summed E-state index contributed by atoms with van der Waals surface area (Å²) >= 11 is 9.64. The summed E-state index contributed by atoms with van der Waals surface area (Å²) in [6.45, 7) is -0.154. The molecule has 0 spiro atoms. The van der Waals surface area contributed by atoms with Crippen LogP contribution >= 0.6 is 39.9 Å². The third kappa shape index (κ3) is 3.47. The highest BCUT2D eigenvalue weighted by molar-refractivity contribution is 9.10. The van der Waals surface area contributed by atoms with E-state index in [1.807, 2.05) is 24.3 Å². The lowest BCUT2D eigenvalue weighted by atomic mass is 10.2. The van der Waals surface area contributed by atoms with Gasteiger partial charge < -0.3 is 4.74 Å². The number of rotatable bonds is 3. The van der Waals surface area contributed by atoms with E-state index in [-0.39, 0.29) is 12.5 Å². The number of esters is 1. The molecule has 1 saturated heterocycles. The van der Waals surface area contributed by atoms with Crippen LogP contribution in [0.5, 0.6) is 0 Å². The number of ether oxygens (including phenoxy) is 1. The molecule has 0 radical (unpaired) electrons. The Morgan fingerprint density at radius 3 is 2.70 bits per heavy atom. The van der Waals surface area contributed by atoms with Crippen LogP contribution in [0.2, 0.25) is 0 Å². The maximum Gasteiger partial charge on any atom is 0.325 e. The molecular formula is C13H10BrNO3S2. The van der Waals surface area contributed by atoms with Gasteiger partial charge in [-0.1, -0.05) is 52.0 Å². The molecule has 0 N–H and O–H groups in total. The normalized spacial score (nSPS) is 16.9. The van der Waals surface area contributed by atoms with E-state index in [2.05, 4.69) is 20.7 Å². The van der Waals surface area contributed by atoms with Crippen LogP contribution in [0.4, 0.5) is 0 Å². The van der Waals surface area contributed by atoms with Gasteiger partial charge in [-0.2, -0.15) is 0 Å². The average molecular weight is 372 g/mol. The number of carbonyl (C=O) groups excluding carboxylic acids is 2. The van der Waals surface area contributed by atoms with Gasteiger partial charge in [0.25, 0.3) is 5.91 Å². The zero-order chi connectivity index (χ0) is 14.7. The van der Waals surface area contributed by atoms with Crippen LogP contribution in [-0.4, -0.2) is 34.8 Å². The van der Waals surface area contributed by atoms with E-state index in [1.54, 1.807) is 6.08 Å². The molecule has 20 heavy (non-hydrogen) atoms. The summed E-state index contributed by atoms with van der Waals surface area (Å²) in [7, 11) is 1.28. The summed E-state index contributed by atoms with van der Waals surface area (Å²) in [5.74, 6) is -0.764. The first kappa shape index (κ1) is 15.2. The predicted molar refractivity (Wildman–Crippen MR) is 86.0 cm³/mol. The maximum atomic E-state index is 12.2. The molecule has 1 heterocycles. The van der Waals surface area contributed by atoms with Crippen molar-refractivity contribution in [2.45, 2.75) is 0 Å². The first-order valence-electron chi connectivity index (χ1n) is 5.59. The molecule has 1 aromatic rings. The lowest BCUT2D eigenvalue weighted by Crippen LogP contribution is -2.33. The van der Waals surface area contributed by atoms with Crippen molar-refractivity contribution >= 4 is 62.2 Å². The van der Waals surface area contributed by atoms with Crippen LogP contribution in [0, 0.1) is 0 Å². The molecular weight excluding hydrogens is 362 g/mol. The second kappa shape index (κ2) is 6.51.